The number of ether oxygens (including phenoxy) is 4. The maximum absolute atomic E-state index is 12.1. The monoisotopic (exact) mass is 416 g/mol. The van der Waals surface area contributed by atoms with E-state index in [0.717, 1.165) is 0 Å². The summed E-state index contributed by atoms with van der Waals surface area (Å²) in [6, 6.07) is 11.4. The molecule has 0 heterocycles. The van der Waals surface area contributed by atoms with E-state index in [4.69, 9.17) is 18.9 Å². The Morgan fingerprint density at radius 2 is 1.63 bits per heavy atom. The van der Waals surface area contributed by atoms with Gasteiger partial charge in [0.1, 0.15) is 23.8 Å². The van der Waals surface area contributed by atoms with Crippen LogP contribution in [0.3, 0.4) is 0 Å². The summed E-state index contributed by atoms with van der Waals surface area (Å²) in [5.74, 6) is -0.123. The van der Waals surface area contributed by atoms with Crippen LogP contribution in [0.5, 0.6) is 17.2 Å². The molecule has 2 aromatic carbocycles. The van der Waals surface area contributed by atoms with E-state index in [0.29, 0.717) is 35.1 Å². The standard InChI is InChI=1S/C21H24N2O7/c1-4-29-15-7-5-14(6-8-15)21(26)22-12-20(25)30-13-19(24)23-17-10-9-16(27-2)11-18(17)28-3/h5-11H,4,12-13H2,1-3H3,(H,22,26)(H,23,24). The highest BCUT2D eigenvalue weighted by atomic mass is 16.5. The molecule has 2 amide bonds. The second-order valence-electron chi connectivity index (χ2n) is 5.92. The smallest absolute Gasteiger partial charge is 0.325 e. The molecule has 0 aliphatic rings. The van der Waals surface area contributed by atoms with Crippen molar-refractivity contribution in [3.63, 3.8) is 0 Å². The fraction of sp³-hybridized carbons (Fsp3) is 0.286. The number of hydrogen-bond acceptors (Lipinski definition) is 7. The van der Waals surface area contributed by atoms with E-state index in [1.165, 1.54) is 14.2 Å². The zero-order chi connectivity index (χ0) is 21.9. The van der Waals surface area contributed by atoms with E-state index in [2.05, 4.69) is 10.6 Å². The van der Waals surface area contributed by atoms with Gasteiger partial charge >= 0.3 is 5.97 Å². The summed E-state index contributed by atoms with van der Waals surface area (Å²) < 4.78 is 20.5. The third-order valence-electron chi connectivity index (χ3n) is 3.87. The van der Waals surface area contributed by atoms with Gasteiger partial charge in [0, 0.05) is 11.6 Å². The van der Waals surface area contributed by atoms with Crippen molar-refractivity contribution in [2.24, 2.45) is 0 Å². The Hall–Kier alpha value is -3.75. The molecule has 0 aromatic heterocycles. The van der Waals surface area contributed by atoms with E-state index < -0.39 is 24.4 Å². The molecule has 2 N–H and O–H groups in total. The van der Waals surface area contributed by atoms with Gasteiger partial charge < -0.3 is 29.6 Å². The molecule has 0 unspecified atom stereocenters. The molecule has 30 heavy (non-hydrogen) atoms. The Balaban J connectivity index is 1.77. The van der Waals surface area contributed by atoms with Crippen molar-refractivity contribution in [3.05, 3.63) is 48.0 Å². The lowest BCUT2D eigenvalue weighted by atomic mass is 10.2. The van der Waals surface area contributed by atoms with Gasteiger partial charge in [0.15, 0.2) is 6.61 Å². The highest BCUT2D eigenvalue weighted by molar-refractivity contribution is 5.97. The number of anilines is 1. The van der Waals surface area contributed by atoms with Crippen LogP contribution in [-0.2, 0) is 14.3 Å². The van der Waals surface area contributed by atoms with E-state index in [1.807, 2.05) is 6.92 Å². The van der Waals surface area contributed by atoms with Crippen molar-refractivity contribution < 1.29 is 33.3 Å². The Morgan fingerprint density at radius 1 is 0.933 bits per heavy atom. The lowest BCUT2D eigenvalue weighted by molar-refractivity contribution is -0.146. The summed E-state index contributed by atoms with van der Waals surface area (Å²) >= 11 is 0. The molecule has 0 atom stereocenters. The Labute approximate surface area is 174 Å². The van der Waals surface area contributed by atoms with Crippen molar-refractivity contribution in [2.75, 3.05) is 39.3 Å². The molecule has 2 aromatic rings. The maximum Gasteiger partial charge on any atom is 0.325 e. The highest BCUT2D eigenvalue weighted by Crippen LogP contribution is 2.28. The quantitative estimate of drug-likeness (QED) is 0.570. The van der Waals surface area contributed by atoms with Gasteiger partial charge in [-0.25, -0.2) is 0 Å². The van der Waals surface area contributed by atoms with Gasteiger partial charge in [0.25, 0.3) is 11.8 Å². The first-order valence-electron chi connectivity index (χ1n) is 9.15. The maximum atomic E-state index is 12.1. The van der Waals surface area contributed by atoms with Crippen LogP contribution in [0.1, 0.15) is 17.3 Å². The average molecular weight is 416 g/mol. The van der Waals surface area contributed by atoms with Crippen LogP contribution in [-0.4, -0.2) is 51.8 Å². The fourth-order valence-corrected chi connectivity index (χ4v) is 2.41. The van der Waals surface area contributed by atoms with E-state index in [9.17, 15) is 14.4 Å². The summed E-state index contributed by atoms with van der Waals surface area (Å²) in [5.41, 5.74) is 0.777. The summed E-state index contributed by atoms with van der Waals surface area (Å²) in [6.07, 6.45) is 0. The van der Waals surface area contributed by atoms with Gasteiger partial charge in [-0.3, -0.25) is 14.4 Å². The number of rotatable bonds is 10. The Kier molecular flexibility index (Phi) is 8.49. The van der Waals surface area contributed by atoms with Crippen LogP contribution >= 0.6 is 0 Å². The predicted molar refractivity (Wildman–Crippen MR) is 109 cm³/mol. The number of benzene rings is 2. The van der Waals surface area contributed by atoms with E-state index >= 15 is 0 Å². The largest absolute Gasteiger partial charge is 0.497 e. The van der Waals surface area contributed by atoms with Gasteiger partial charge in [-0.15, -0.1) is 0 Å². The summed E-state index contributed by atoms with van der Waals surface area (Å²) in [7, 11) is 2.97. The minimum atomic E-state index is -0.744. The minimum absolute atomic E-state index is 0.370. The number of esters is 1. The molecular weight excluding hydrogens is 392 g/mol. The topological polar surface area (TPSA) is 112 Å². The molecule has 0 saturated carbocycles. The van der Waals surface area contributed by atoms with Crippen LogP contribution < -0.4 is 24.8 Å². The van der Waals surface area contributed by atoms with Crippen molar-refractivity contribution in [2.45, 2.75) is 6.92 Å². The van der Waals surface area contributed by atoms with Crippen LogP contribution in [0.2, 0.25) is 0 Å². The number of amides is 2. The lowest BCUT2D eigenvalue weighted by Crippen LogP contribution is -2.32. The lowest BCUT2D eigenvalue weighted by Gasteiger charge is -2.12. The fourth-order valence-electron chi connectivity index (χ4n) is 2.41. The zero-order valence-electron chi connectivity index (χ0n) is 17.0. The summed E-state index contributed by atoms with van der Waals surface area (Å²) in [6.45, 7) is 1.51. The number of carbonyl (C=O) groups excluding carboxylic acids is 3. The summed E-state index contributed by atoms with van der Waals surface area (Å²) in [4.78, 5) is 35.9. The molecule has 0 bridgehead atoms. The number of methoxy groups -OCH3 is 2. The molecular formula is C21H24N2O7. The van der Waals surface area contributed by atoms with Crippen molar-refractivity contribution in [1.82, 2.24) is 5.32 Å². The first-order valence-corrected chi connectivity index (χ1v) is 9.15. The molecule has 0 spiro atoms. The number of carbonyl (C=O) groups is 3. The van der Waals surface area contributed by atoms with Crippen LogP contribution in [0.25, 0.3) is 0 Å². The van der Waals surface area contributed by atoms with Gasteiger partial charge in [0.05, 0.1) is 26.5 Å². The van der Waals surface area contributed by atoms with Gasteiger partial charge in [0.2, 0.25) is 0 Å². The highest BCUT2D eigenvalue weighted by Gasteiger charge is 2.13. The molecule has 0 fully saturated rings. The Bertz CT molecular complexity index is 881. The first kappa shape index (κ1) is 22.5. The normalized spacial score (nSPS) is 9.97. The van der Waals surface area contributed by atoms with Crippen molar-refractivity contribution in [3.8, 4) is 17.2 Å². The van der Waals surface area contributed by atoms with Gasteiger partial charge in [-0.05, 0) is 43.3 Å². The van der Waals surface area contributed by atoms with Crippen LogP contribution in [0, 0.1) is 0 Å². The third-order valence-corrected chi connectivity index (χ3v) is 3.87. The SMILES string of the molecule is CCOc1ccc(C(=O)NCC(=O)OCC(=O)Nc2ccc(OC)cc2OC)cc1. The van der Waals surface area contributed by atoms with Crippen LogP contribution in [0.15, 0.2) is 42.5 Å². The second kappa shape index (κ2) is 11.3. The molecule has 2 rings (SSSR count). The number of nitrogens with one attached hydrogen (secondary N) is 2. The van der Waals surface area contributed by atoms with Crippen molar-refractivity contribution in [1.29, 1.82) is 0 Å². The Morgan fingerprint density at radius 3 is 2.27 bits per heavy atom. The zero-order valence-corrected chi connectivity index (χ0v) is 17.0. The van der Waals surface area contributed by atoms with Gasteiger partial charge in [-0.1, -0.05) is 0 Å². The average Bonchev–Trinajstić information content (AvgIpc) is 2.77. The van der Waals surface area contributed by atoms with Crippen LogP contribution in [0.4, 0.5) is 5.69 Å². The molecule has 9 nitrogen and oxygen atoms in total. The summed E-state index contributed by atoms with van der Waals surface area (Å²) in [5, 5.41) is 5.01. The minimum Gasteiger partial charge on any atom is -0.497 e. The van der Waals surface area contributed by atoms with E-state index in [-0.39, 0.29) is 6.54 Å². The molecule has 9 heteroatoms. The van der Waals surface area contributed by atoms with E-state index in [1.54, 1.807) is 42.5 Å². The third kappa shape index (κ3) is 6.69. The van der Waals surface area contributed by atoms with Crippen molar-refractivity contribution >= 4 is 23.5 Å². The second-order valence-corrected chi connectivity index (χ2v) is 5.92. The predicted octanol–water partition coefficient (Wildman–Crippen LogP) is 2.01. The molecule has 0 radical (unpaired) electrons. The molecule has 0 aliphatic carbocycles. The molecule has 0 saturated heterocycles. The first-order chi connectivity index (χ1) is 14.5. The molecule has 160 valence electrons. The molecule has 0 aliphatic heterocycles. The number of hydrogen-bond donors (Lipinski definition) is 2. The van der Waals surface area contributed by atoms with Gasteiger partial charge in [-0.2, -0.15) is 0 Å².